The summed E-state index contributed by atoms with van der Waals surface area (Å²) in [6.45, 7) is 4.16. The van der Waals surface area contributed by atoms with E-state index in [0.717, 1.165) is 5.56 Å². The molecule has 0 unspecified atom stereocenters. The number of hydrogen-bond donors (Lipinski definition) is 1. The SMILES string of the molecule is CC(C)c1ccc(Oc2ncnc(Nc3cccc(Cl)c3)c2[N+](=O)[O-])cc1. The fraction of sp³-hybridized carbons (Fsp3) is 0.158. The van der Waals surface area contributed by atoms with Gasteiger partial charge >= 0.3 is 11.6 Å². The topological polar surface area (TPSA) is 90.2 Å². The Morgan fingerprint density at radius 2 is 1.89 bits per heavy atom. The van der Waals surface area contributed by atoms with Crippen LogP contribution in [-0.4, -0.2) is 14.9 Å². The molecule has 0 saturated carbocycles. The fourth-order valence-corrected chi connectivity index (χ4v) is 2.62. The summed E-state index contributed by atoms with van der Waals surface area (Å²) in [7, 11) is 0. The average molecular weight is 385 g/mol. The van der Waals surface area contributed by atoms with E-state index in [1.165, 1.54) is 6.33 Å². The Bertz CT molecular complexity index is 961. The van der Waals surface area contributed by atoms with Crippen molar-refractivity contribution in [3.05, 3.63) is 75.6 Å². The van der Waals surface area contributed by atoms with Crippen molar-refractivity contribution in [3.8, 4) is 11.6 Å². The van der Waals surface area contributed by atoms with Crippen LogP contribution in [0.5, 0.6) is 11.6 Å². The number of hydrogen-bond acceptors (Lipinski definition) is 6. The molecule has 0 saturated heterocycles. The van der Waals surface area contributed by atoms with E-state index in [2.05, 4.69) is 29.1 Å². The van der Waals surface area contributed by atoms with Crippen LogP contribution < -0.4 is 10.1 Å². The molecule has 3 rings (SSSR count). The standard InChI is InChI=1S/C19H17ClN4O3/c1-12(2)13-6-8-16(9-7-13)27-19-17(24(25)26)18(21-11-22-19)23-15-5-3-4-14(20)10-15/h3-12H,1-2H3,(H,21,22,23). The van der Waals surface area contributed by atoms with Crippen molar-refractivity contribution in [2.24, 2.45) is 0 Å². The van der Waals surface area contributed by atoms with E-state index >= 15 is 0 Å². The van der Waals surface area contributed by atoms with Gasteiger partial charge in [0.2, 0.25) is 5.82 Å². The second-order valence-electron chi connectivity index (χ2n) is 6.09. The molecule has 0 spiro atoms. The minimum Gasteiger partial charge on any atom is -0.434 e. The number of nitro groups is 1. The van der Waals surface area contributed by atoms with Crippen molar-refractivity contribution in [1.82, 2.24) is 9.97 Å². The molecule has 8 heteroatoms. The van der Waals surface area contributed by atoms with E-state index in [-0.39, 0.29) is 17.4 Å². The van der Waals surface area contributed by atoms with Gasteiger partial charge in [-0.1, -0.05) is 43.6 Å². The number of nitrogens with zero attached hydrogens (tertiary/aromatic N) is 3. The minimum absolute atomic E-state index is 0.0195. The Balaban J connectivity index is 1.92. The Morgan fingerprint density at radius 3 is 2.52 bits per heavy atom. The van der Waals surface area contributed by atoms with Crippen LogP contribution in [0, 0.1) is 10.1 Å². The molecule has 0 aliphatic rings. The highest BCUT2D eigenvalue weighted by Crippen LogP contribution is 2.36. The van der Waals surface area contributed by atoms with Gasteiger partial charge in [0.15, 0.2) is 0 Å². The maximum atomic E-state index is 11.6. The maximum absolute atomic E-state index is 11.6. The lowest BCUT2D eigenvalue weighted by Gasteiger charge is -2.10. The van der Waals surface area contributed by atoms with Crippen LogP contribution in [-0.2, 0) is 0 Å². The minimum atomic E-state index is -0.579. The molecular weight excluding hydrogens is 368 g/mol. The van der Waals surface area contributed by atoms with Gasteiger partial charge in [-0.15, -0.1) is 0 Å². The van der Waals surface area contributed by atoms with Gasteiger partial charge < -0.3 is 10.1 Å². The van der Waals surface area contributed by atoms with E-state index in [9.17, 15) is 10.1 Å². The summed E-state index contributed by atoms with van der Waals surface area (Å²) in [6.07, 6.45) is 1.21. The van der Waals surface area contributed by atoms with Crippen LogP contribution in [0.3, 0.4) is 0 Å². The second kappa shape index (κ2) is 8.01. The molecule has 1 aromatic heterocycles. The van der Waals surface area contributed by atoms with Gasteiger partial charge in [-0.3, -0.25) is 10.1 Å². The van der Waals surface area contributed by atoms with Crippen molar-refractivity contribution in [2.75, 3.05) is 5.32 Å². The highest BCUT2D eigenvalue weighted by molar-refractivity contribution is 6.30. The Hall–Kier alpha value is -3.19. The number of rotatable bonds is 6. The van der Waals surface area contributed by atoms with Crippen LogP contribution in [0.15, 0.2) is 54.9 Å². The van der Waals surface area contributed by atoms with Crippen molar-refractivity contribution >= 4 is 28.8 Å². The van der Waals surface area contributed by atoms with E-state index in [4.69, 9.17) is 16.3 Å². The number of benzene rings is 2. The van der Waals surface area contributed by atoms with E-state index in [1.807, 2.05) is 12.1 Å². The summed E-state index contributed by atoms with van der Waals surface area (Å²) in [5.41, 5.74) is 1.35. The first-order chi connectivity index (χ1) is 12.9. The highest BCUT2D eigenvalue weighted by atomic mass is 35.5. The van der Waals surface area contributed by atoms with Gasteiger partial charge in [0.1, 0.15) is 12.1 Å². The normalized spacial score (nSPS) is 10.7. The molecule has 1 N–H and O–H groups in total. The van der Waals surface area contributed by atoms with Gasteiger partial charge in [-0.2, -0.15) is 4.98 Å². The Labute approximate surface area is 161 Å². The van der Waals surface area contributed by atoms with Gasteiger partial charge in [-0.25, -0.2) is 4.98 Å². The van der Waals surface area contributed by atoms with Crippen LogP contribution in [0.2, 0.25) is 5.02 Å². The van der Waals surface area contributed by atoms with Crippen LogP contribution >= 0.6 is 11.6 Å². The van der Waals surface area contributed by atoms with Crippen molar-refractivity contribution in [2.45, 2.75) is 19.8 Å². The van der Waals surface area contributed by atoms with E-state index < -0.39 is 4.92 Å². The lowest BCUT2D eigenvalue weighted by atomic mass is 10.0. The molecule has 0 fully saturated rings. The Morgan fingerprint density at radius 1 is 1.15 bits per heavy atom. The fourth-order valence-electron chi connectivity index (χ4n) is 2.43. The molecule has 27 heavy (non-hydrogen) atoms. The monoisotopic (exact) mass is 384 g/mol. The predicted molar refractivity (Wildman–Crippen MR) is 104 cm³/mol. The number of halogens is 1. The lowest BCUT2D eigenvalue weighted by molar-refractivity contribution is -0.385. The first-order valence-electron chi connectivity index (χ1n) is 8.24. The third-order valence-electron chi connectivity index (χ3n) is 3.82. The summed E-state index contributed by atoms with van der Waals surface area (Å²) in [5.74, 6) is 0.707. The molecule has 0 atom stereocenters. The van der Waals surface area contributed by atoms with Gasteiger partial charge in [0.25, 0.3) is 0 Å². The van der Waals surface area contributed by atoms with Gasteiger partial charge in [0.05, 0.1) is 4.92 Å². The van der Waals surface area contributed by atoms with Crippen LogP contribution in [0.4, 0.5) is 17.2 Å². The second-order valence-corrected chi connectivity index (χ2v) is 6.53. The number of aromatic nitrogens is 2. The molecule has 7 nitrogen and oxygen atoms in total. The molecular formula is C19H17ClN4O3. The third-order valence-corrected chi connectivity index (χ3v) is 4.06. The maximum Gasteiger partial charge on any atom is 0.373 e. The summed E-state index contributed by atoms with van der Waals surface area (Å²) in [4.78, 5) is 18.9. The first-order valence-corrected chi connectivity index (χ1v) is 8.61. The number of anilines is 2. The summed E-state index contributed by atoms with van der Waals surface area (Å²) < 4.78 is 5.65. The molecule has 0 aliphatic heterocycles. The van der Waals surface area contributed by atoms with Crippen LogP contribution in [0.25, 0.3) is 0 Å². The molecule has 2 aromatic carbocycles. The first kappa shape index (κ1) is 18.6. The quantitative estimate of drug-likeness (QED) is 0.433. The zero-order valence-electron chi connectivity index (χ0n) is 14.7. The average Bonchev–Trinajstić information content (AvgIpc) is 2.62. The molecule has 138 valence electrons. The van der Waals surface area contributed by atoms with Crippen molar-refractivity contribution in [1.29, 1.82) is 0 Å². The van der Waals surface area contributed by atoms with Crippen molar-refractivity contribution < 1.29 is 9.66 Å². The smallest absolute Gasteiger partial charge is 0.373 e. The molecule has 3 aromatic rings. The largest absolute Gasteiger partial charge is 0.434 e. The number of nitrogens with one attached hydrogen (secondary N) is 1. The van der Waals surface area contributed by atoms with Crippen molar-refractivity contribution in [3.63, 3.8) is 0 Å². The molecule has 0 bridgehead atoms. The molecule has 0 aliphatic carbocycles. The molecule has 0 radical (unpaired) electrons. The molecule has 1 heterocycles. The van der Waals surface area contributed by atoms with Crippen LogP contribution in [0.1, 0.15) is 25.3 Å². The summed E-state index contributed by atoms with van der Waals surface area (Å²) in [6, 6.07) is 14.1. The van der Waals surface area contributed by atoms with Gasteiger partial charge in [0, 0.05) is 10.7 Å². The number of ether oxygens (including phenoxy) is 1. The zero-order chi connectivity index (χ0) is 19.4. The van der Waals surface area contributed by atoms with Gasteiger partial charge in [-0.05, 0) is 41.8 Å². The zero-order valence-corrected chi connectivity index (χ0v) is 15.5. The van der Waals surface area contributed by atoms with E-state index in [0.29, 0.717) is 22.4 Å². The van der Waals surface area contributed by atoms with E-state index in [1.54, 1.807) is 36.4 Å². The summed E-state index contributed by atoms with van der Waals surface area (Å²) >= 11 is 5.96. The Kier molecular flexibility index (Phi) is 5.52. The third kappa shape index (κ3) is 4.51. The molecule has 0 amide bonds. The highest BCUT2D eigenvalue weighted by Gasteiger charge is 2.25. The predicted octanol–water partition coefficient (Wildman–Crippen LogP) is 5.70. The lowest BCUT2D eigenvalue weighted by Crippen LogP contribution is -2.03. The summed E-state index contributed by atoms with van der Waals surface area (Å²) in [5, 5.41) is 15.0.